The lowest BCUT2D eigenvalue weighted by atomic mass is 10.1. The van der Waals surface area contributed by atoms with Crippen molar-refractivity contribution in [3.63, 3.8) is 0 Å². The highest BCUT2D eigenvalue weighted by atomic mass is 16.2. The number of amides is 1. The molecule has 0 saturated carbocycles. The van der Waals surface area contributed by atoms with Crippen molar-refractivity contribution in [3.05, 3.63) is 35.9 Å². The molecule has 3 rings (SSSR count). The minimum atomic E-state index is 0.171. The summed E-state index contributed by atoms with van der Waals surface area (Å²) in [6, 6.07) is 10.3. The van der Waals surface area contributed by atoms with Gasteiger partial charge in [0, 0.05) is 44.3 Å². The van der Waals surface area contributed by atoms with E-state index in [2.05, 4.69) is 10.2 Å². The summed E-state index contributed by atoms with van der Waals surface area (Å²) in [4.78, 5) is 16.8. The molecule has 0 spiro atoms. The van der Waals surface area contributed by atoms with E-state index >= 15 is 0 Å². The summed E-state index contributed by atoms with van der Waals surface area (Å²) in [6.45, 7) is 5.95. The van der Waals surface area contributed by atoms with Gasteiger partial charge in [0.15, 0.2) is 0 Å². The van der Waals surface area contributed by atoms with E-state index in [9.17, 15) is 4.79 Å². The predicted octanol–water partition coefficient (Wildman–Crippen LogP) is 0.806. The first-order valence-corrected chi connectivity index (χ1v) is 7.14. The monoisotopic (exact) mass is 259 g/mol. The van der Waals surface area contributed by atoms with Crippen molar-refractivity contribution in [1.29, 1.82) is 0 Å². The minimum Gasteiger partial charge on any atom is -0.336 e. The van der Waals surface area contributed by atoms with Crippen molar-refractivity contribution in [3.8, 4) is 0 Å². The minimum absolute atomic E-state index is 0.171. The fourth-order valence-electron chi connectivity index (χ4n) is 3.00. The smallest absolute Gasteiger partial charge is 0.253 e. The molecule has 2 aliphatic heterocycles. The zero-order chi connectivity index (χ0) is 13.1. The van der Waals surface area contributed by atoms with Crippen LogP contribution in [0.15, 0.2) is 30.3 Å². The zero-order valence-corrected chi connectivity index (χ0v) is 11.2. The maximum atomic E-state index is 12.3. The number of benzene rings is 1. The molecule has 0 bridgehead atoms. The molecule has 102 valence electrons. The molecule has 2 heterocycles. The topological polar surface area (TPSA) is 35.6 Å². The Morgan fingerprint density at radius 1 is 1.11 bits per heavy atom. The number of nitrogens with zero attached hydrogens (tertiary/aromatic N) is 2. The Kier molecular flexibility index (Phi) is 3.80. The second kappa shape index (κ2) is 5.72. The Bertz CT molecular complexity index is 420. The summed E-state index contributed by atoms with van der Waals surface area (Å²) in [5.74, 6) is 0.171. The number of nitrogens with one attached hydrogen (secondary N) is 1. The van der Waals surface area contributed by atoms with Crippen LogP contribution in [0.1, 0.15) is 16.8 Å². The van der Waals surface area contributed by atoms with E-state index in [0.717, 1.165) is 44.8 Å². The first-order chi connectivity index (χ1) is 9.34. The Morgan fingerprint density at radius 3 is 2.47 bits per heavy atom. The van der Waals surface area contributed by atoms with E-state index in [4.69, 9.17) is 0 Å². The van der Waals surface area contributed by atoms with Gasteiger partial charge in [-0.15, -0.1) is 0 Å². The summed E-state index contributed by atoms with van der Waals surface area (Å²) >= 11 is 0. The van der Waals surface area contributed by atoms with Gasteiger partial charge >= 0.3 is 0 Å². The predicted molar refractivity (Wildman–Crippen MR) is 75.2 cm³/mol. The van der Waals surface area contributed by atoms with Gasteiger partial charge in [-0.05, 0) is 25.1 Å². The molecule has 0 radical (unpaired) electrons. The van der Waals surface area contributed by atoms with Crippen molar-refractivity contribution in [2.45, 2.75) is 12.5 Å². The molecule has 4 nitrogen and oxygen atoms in total. The number of hydrogen-bond acceptors (Lipinski definition) is 3. The van der Waals surface area contributed by atoms with E-state index in [-0.39, 0.29) is 5.91 Å². The summed E-state index contributed by atoms with van der Waals surface area (Å²) < 4.78 is 0. The third kappa shape index (κ3) is 2.80. The molecule has 19 heavy (non-hydrogen) atoms. The Morgan fingerprint density at radius 2 is 1.84 bits per heavy atom. The normalized spacial score (nSPS) is 24.6. The third-order valence-corrected chi connectivity index (χ3v) is 4.17. The van der Waals surface area contributed by atoms with Gasteiger partial charge < -0.3 is 10.2 Å². The van der Waals surface area contributed by atoms with E-state index < -0.39 is 0 Å². The van der Waals surface area contributed by atoms with Crippen molar-refractivity contribution in [2.24, 2.45) is 0 Å². The van der Waals surface area contributed by atoms with Gasteiger partial charge in [-0.1, -0.05) is 18.2 Å². The number of rotatable bonds is 2. The summed E-state index contributed by atoms with van der Waals surface area (Å²) in [5.41, 5.74) is 0.804. The van der Waals surface area contributed by atoms with Crippen LogP contribution >= 0.6 is 0 Å². The number of carbonyl (C=O) groups is 1. The van der Waals surface area contributed by atoms with Crippen LogP contribution in [0, 0.1) is 0 Å². The lowest BCUT2D eigenvalue weighted by Gasteiger charge is -2.37. The second-order valence-corrected chi connectivity index (χ2v) is 5.34. The van der Waals surface area contributed by atoms with Gasteiger partial charge in [-0.3, -0.25) is 9.69 Å². The van der Waals surface area contributed by atoms with Crippen LogP contribution in [0.4, 0.5) is 0 Å². The first kappa shape index (κ1) is 12.6. The van der Waals surface area contributed by atoms with Crippen LogP contribution in [-0.4, -0.2) is 61.0 Å². The molecule has 1 unspecified atom stereocenters. The molecule has 2 fully saturated rings. The molecule has 1 N–H and O–H groups in total. The van der Waals surface area contributed by atoms with Crippen molar-refractivity contribution < 1.29 is 4.79 Å². The van der Waals surface area contributed by atoms with Gasteiger partial charge in [0.1, 0.15) is 0 Å². The van der Waals surface area contributed by atoms with Crippen LogP contribution in [0.3, 0.4) is 0 Å². The molecule has 4 heteroatoms. The second-order valence-electron chi connectivity index (χ2n) is 5.34. The van der Waals surface area contributed by atoms with Crippen LogP contribution in [0.25, 0.3) is 0 Å². The van der Waals surface area contributed by atoms with Crippen LogP contribution in [-0.2, 0) is 0 Å². The average Bonchev–Trinajstić information content (AvgIpc) is 3.02. The lowest BCUT2D eigenvalue weighted by Crippen LogP contribution is -2.52. The molecule has 1 atom stereocenters. The van der Waals surface area contributed by atoms with E-state index in [0.29, 0.717) is 6.04 Å². The SMILES string of the molecule is O=C(c1ccccc1)N1CCN(C2CCNC2)CC1. The molecule has 1 aromatic carbocycles. The molecule has 1 amide bonds. The first-order valence-electron chi connectivity index (χ1n) is 7.14. The molecular weight excluding hydrogens is 238 g/mol. The maximum absolute atomic E-state index is 12.3. The fraction of sp³-hybridized carbons (Fsp3) is 0.533. The van der Waals surface area contributed by atoms with Gasteiger partial charge in [0.2, 0.25) is 0 Å². The summed E-state index contributed by atoms with van der Waals surface area (Å²) in [6.07, 6.45) is 1.24. The molecular formula is C15H21N3O. The maximum Gasteiger partial charge on any atom is 0.253 e. The summed E-state index contributed by atoms with van der Waals surface area (Å²) in [7, 11) is 0. The van der Waals surface area contributed by atoms with Crippen LogP contribution in [0.2, 0.25) is 0 Å². The molecule has 0 aromatic heterocycles. The number of hydrogen-bond donors (Lipinski definition) is 1. The van der Waals surface area contributed by atoms with Crippen LogP contribution < -0.4 is 5.32 Å². The molecule has 1 aromatic rings. The van der Waals surface area contributed by atoms with Gasteiger partial charge in [0.25, 0.3) is 5.91 Å². The standard InChI is InChI=1S/C15H21N3O/c19-15(13-4-2-1-3-5-13)18-10-8-17(9-11-18)14-6-7-16-12-14/h1-5,14,16H,6-12H2. The Labute approximate surface area is 114 Å². The van der Waals surface area contributed by atoms with E-state index in [1.54, 1.807) is 0 Å². The fourth-order valence-corrected chi connectivity index (χ4v) is 3.00. The van der Waals surface area contributed by atoms with Crippen molar-refractivity contribution >= 4 is 5.91 Å². The largest absolute Gasteiger partial charge is 0.336 e. The zero-order valence-electron chi connectivity index (χ0n) is 11.2. The van der Waals surface area contributed by atoms with Gasteiger partial charge in [0.05, 0.1) is 0 Å². The van der Waals surface area contributed by atoms with Crippen LogP contribution in [0.5, 0.6) is 0 Å². The summed E-state index contributed by atoms with van der Waals surface area (Å²) in [5, 5.41) is 3.41. The molecule has 2 aliphatic rings. The van der Waals surface area contributed by atoms with Crippen molar-refractivity contribution in [2.75, 3.05) is 39.3 Å². The number of piperazine rings is 1. The highest BCUT2D eigenvalue weighted by Crippen LogP contribution is 2.13. The number of carbonyl (C=O) groups excluding carboxylic acids is 1. The Hall–Kier alpha value is -1.39. The third-order valence-electron chi connectivity index (χ3n) is 4.17. The van der Waals surface area contributed by atoms with Gasteiger partial charge in [-0.25, -0.2) is 0 Å². The lowest BCUT2D eigenvalue weighted by molar-refractivity contribution is 0.0584. The van der Waals surface area contributed by atoms with Gasteiger partial charge in [-0.2, -0.15) is 0 Å². The highest BCUT2D eigenvalue weighted by molar-refractivity contribution is 5.94. The molecule has 0 aliphatic carbocycles. The molecule has 2 saturated heterocycles. The average molecular weight is 259 g/mol. The quantitative estimate of drug-likeness (QED) is 0.853. The van der Waals surface area contributed by atoms with E-state index in [1.807, 2.05) is 35.2 Å². The van der Waals surface area contributed by atoms with Crippen molar-refractivity contribution in [1.82, 2.24) is 15.1 Å². The Balaban J connectivity index is 1.56. The van der Waals surface area contributed by atoms with E-state index in [1.165, 1.54) is 6.42 Å². The highest BCUT2D eigenvalue weighted by Gasteiger charge is 2.27.